The van der Waals surface area contributed by atoms with Crippen molar-refractivity contribution >= 4 is 5.88 Å². The number of nitrogens with zero attached hydrogens (tertiary/aromatic N) is 1. The Labute approximate surface area is 53.2 Å². The van der Waals surface area contributed by atoms with Gasteiger partial charge in [-0.1, -0.05) is 5.10 Å². The van der Waals surface area contributed by atoms with Crippen molar-refractivity contribution in [2.45, 2.75) is 19.9 Å². The molecule has 2 N–H and O–H groups in total. The Hall–Kier alpha value is -1.06. The van der Waals surface area contributed by atoms with E-state index in [1.807, 2.05) is 13.8 Å². The number of hydrogen-bond acceptors (Lipinski definition) is 3. The molecule has 0 bridgehead atoms. The second-order valence-electron chi connectivity index (χ2n) is 2.12. The van der Waals surface area contributed by atoms with Gasteiger partial charge in [0.15, 0.2) is 5.27 Å². The summed E-state index contributed by atoms with van der Waals surface area (Å²) in [7, 11) is 0. The van der Waals surface area contributed by atoms with Crippen LogP contribution in [0.25, 0.3) is 0 Å². The first-order valence-electron chi connectivity index (χ1n) is 2.88. The van der Waals surface area contributed by atoms with Crippen LogP contribution in [0.4, 0.5) is 5.88 Å². The van der Waals surface area contributed by atoms with Crippen LogP contribution in [0.5, 0.6) is 0 Å². The number of nitrogens with one attached hydrogen (secondary N) is 2. The Balaban J connectivity index is 2.48. The third kappa shape index (κ3) is 1.71. The van der Waals surface area contributed by atoms with Crippen LogP contribution in [0, 0.1) is 0 Å². The predicted octanol–water partition coefficient (Wildman–Crippen LogP) is 0.309. The van der Waals surface area contributed by atoms with Gasteiger partial charge in [0, 0.05) is 6.04 Å². The first-order valence-corrected chi connectivity index (χ1v) is 2.88. The smallest absolute Gasteiger partial charge is 0.295 e. The summed E-state index contributed by atoms with van der Waals surface area (Å²) >= 11 is 0. The van der Waals surface area contributed by atoms with Crippen molar-refractivity contribution in [1.29, 1.82) is 0 Å². The fraction of sp³-hybridized carbons (Fsp3) is 0.600. The van der Waals surface area contributed by atoms with Crippen LogP contribution in [-0.2, 0) is 0 Å². The lowest BCUT2D eigenvalue weighted by atomic mass is 10.4. The van der Waals surface area contributed by atoms with Gasteiger partial charge in [-0.05, 0) is 13.8 Å². The van der Waals surface area contributed by atoms with E-state index in [-0.39, 0.29) is 0 Å². The first kappa shape index (κ1) is 6.07. The Bertz CT molecular complexity index is 159. The van der Waals surface area contributed by atoms with Crippen LogP contribution in [0.15, 0.2) is 10.7 Å². The SMILES string of the molecule is CC(C)Nc1c[nH+]no1. The summed E-state index contributed by atoms with van der Waals surface area (Å²) in [5, 5.41) is 8.99. The minimum Gasteiger partial charge on any atom is -0.347 e. The molecule has 0 spiro atoms. The third-order valence-electron chi connectivity index (χ3n) is 0.823. The molecule has 0 aromatic carbocycles. The normalized spacial score (nSPS) is 10.1. The minimum absolute atomic E-state index is 0.381. The Kier molecular flexibility index (Phi) is 1.67. The molecular weight excluding hydrogens is 118 g/mol. The van der Waals surface area contributed by atoms with Gasteiger partial charge in [-0.2, -0.15) is 0 Å². The minimum atomic E-state index is 0.381. The highest BCUT2D eigenvalue weighted by atomic mass is 16.5. The van der Waals surface area contributed by atoms with Crippen molar-refractivity contribution in [3.05, 3.63) is 6.20 Å². The molecule has 0 atom stereocenters. The average Bonchev–Trinajstić information content (AvgIpc) is 2.15. The van der Waals surface area contributed by atoms with E-state index in [1.165, 1.54) is 0 Å². The Morgan fingerprint density at radius 3 is 3.00 bits per heavy atom. The van der Waals surface area contributed by atoms with Crippen LogP contribution >= 0.6 is 0 Å². The van der Waals surface area contributed by atoms with E-state index in [9.17, 15) is 0 Å². The molecule has 9 heavy (non-hydrogen) atoms. The fourth-order valence-electron chi connectivity index (χ4n) is 0.539. The van der Waals surface area contributed by atoms with E-state index in [2.05, 4.69) is 15.7 Å². The van der Waals surface area contributed by atoms with Crippen LogP contribution in [-0.4, -0.2) is 11.3 Å². The van der Waals surface area contributed by atoms with Crippen LogP contribution in [0.3, 0.4) is 0 Å². The van der Waals surface area contributed by atoms with Gasteiger partial charge in [0.25, 0.3) is 12.1 Å². The summed E-state index contributed by atoms with van der Waals surface area (Å²) in [4.78, 5) is 0. The van der Waals surface area contributed by atoms with Gasteiger partial charge >= 0.3 is 0 Å². The van der Waals surface area contributed by atoms with Gasteiger partial charge < -0.3 is 5.32 Å². The zero-order valence-corrected chi connectivity index (χ0v) is 5.51. The molecule has 0 saturated heterocycles. The maximum Gasteiger partial charge on any atom is 0.295 e. The quantitative estimate of drug-likeness (QED) is 0.623. The molecule has 50 valence electrons. The van der Waals surface area contributed by atoms with Gasteiger partial charge in [-0.25, -0.2) is 0 Å². The zero-order chi connectivity index (χ0) is 6.69. The van der Waals surface area contributed by atoms with E-state index in [0.717, 1.165) is 0 Å². The summed E-state index contributed by atoms with van der Waals surface area (Å²) in [6.07, 6.45) is 1.67. The van der Waals surface area contributed by atoms with Gasteiger partial charge in [0.05, 0.1) is 0 Å². The third-order valence-corrected chi connectivity index (χ3v) is 0.823. The molecule has 1 aromatic heterocycles. The molecule has 0 amide bonds. The predicted molar refractivity (Wildman–Crippen MR) is 31.8 cm³/mol. The van der Waals surface area contributed by atoms with E-state index in [0.29, 0.717) is 11.9 Å². The van der Waals surface area contributed by atoms with Crippen molar-refractivity contribution in [3.63, 3.8) is 0 Å². The maximum atomic E-state index is 4.73. The van der Waals surface area contributed by atoms with E-state index >= 15 is 0 Å². The molecule has 0 saturated carbocycles. The van der Waals surface area contributed by atoms with Gasteiger partial charge in [-0.15, -0.1) is 0 Å². The van der Waals surface area contributed by atoms with E-state index in [4.69, 9.17) is 4.52 Å². The number of aromatic amines is 1. The van der Waals surface area contributed by atoms with Crippen molar-refractivity contribution in [3.8, 4) is 0 Å². The molecule has 1 heterocycles. The summed E-state index contributed by atoms with van der Waals surface area (Å²) in [5.74, 6) is 0.671. The van der Waals surface area contributed by atoms with Crippen LogP contribution in [0.2, 0.25) is 0 Å². The van der Waals surface area contributed by atoms with E-state index < -0.39 is 0 Å². The molecule has 0 aliphatic carbocycles. The highest BCUT2D eigenvalue weighted by molar-refractivity contribution is 5.23. The molecule has 0 unspecified atom stereocenters. The summed E-state index contributed by atoms with van der Waals surface area (Å²) < 4.78 is 4.73. The lowest BCUT2D eigenvalue weighted by Crippen LogP contribution is -2.09. The molecule has 4 heteroatoms. The second kappa shape index (κ2) is 2.48. The number of rotatable bonds is 2. The van der Waals surface area contributed by atoms with Crippen molar-refractivity contribution in [2.75, 3.05) is 5.32 Å². The molecule has 1 aromatic rings. The first-order chi connectivity index (χ1) is 4.29. The molecular formula is C5H10N3O+. The van der Waals surface area contributed by atoms with Crippen LogP contribution < -0.4 is 10.4 Å². The molecule has 0 fully saturated rings. The molecule has 0 aliphatic rings. The number of H-pyrrole nitrogens is 1. The standard InChI is InChI=1S/C5H9N3O/c1-4(2)7-5-3-6-8-9-5/h3-4,7H,1-2H3/p+1. The van der Waals surface area contributed by atoms with Gasteiger partial charge in [0.2, 0.25) is 0 Å². The molecule has 4 nitrogen and oxygen atoms in total. The highest BCUT2D eigenvalue weighted by Crippen LogP contribution is 1.99. The van der Waals surface area contributed by atoms with Gasteiger partial charge in [-0.3, -0.25) is 4.52 Å². The average molecular weight is 128 g/mol. The summed E-state index contributed by atoms with van der Waals surface area (Å²) in [6.45, 7) is 4.06. The zero-order valence-electron chi connectivity index (χ0n) is 5.51. The van der Waals surface area contributed by atoms with Crippen molar-refractivity contribution in [2.24, 2.45) is 0 Å². The van der Waals surface area contributed by atoms with Crippen molar-refractivity contribution < 1.29 is 9.62 Å². The Morgan fingerprint density at radius 2 is 2.56 bits per heavy atom. The fourth-order valence-corrected chi connectivity index (χ4v) is 0.539. The lowest BCUT2D eigenvalue weighted by molar-refractivity contribution is -0.471. The highest BCUT2D eigenvalue weighted by Gasteiger charge is 2.01. The summed E-state index contributed by atoms with van der Waals surface area (Å²) in [6, 6.07) is 0.381. The van der Waals surface area contributed by atoms with Gasteiger partial charge in [0.1, 0.15) is 0 Å². The molecule has 1 rings (SSSR count). The molecule has 0 aliphatic heterocycles. The monoisotopic (exact) mass is 128 g/mol. The van der Waals surface area contributed by atoms with Crippen LogP contribution in [0.1, 0.15) is 13.8 Å². The largest absolute Gasteiger partial charge is 0.347 e. The van der Waals surface area contributed by atoms with E-state index in [1.54, 1.807) is 6.20 Å². The number of aromatic nitrogens is 2. The lowest BCUT2D eigenvalue weighted by Gasteiger charge is -2.00. The Morgan fingerprint density at radius 1 is 1.78 bits per heavy atom. The maximum absolute atomic E-state index is 4.73. The second-order valence-corrected chi connectivity index (χ2v) is 2.12. The summed E-state index contributed by atoms with van der Waals surface area (Å²) in [5.41, 5.74) is 0. The molecule has 0 radical (unpaired) electrons. The number of anilines is 1. The topological polar surface area (TPSA) is 52.2 Å². The van der Waals surface area contributed by atoms with Crippen molar-refractivity contribution in [1.82, 2.24) is 5.27 Å². The number of hydrogen-bond donors (Lipinski definition) is 1.